The number of alkyl halides is 3. The first-order valence-electron chi connectivity index (χ1n) is 11.6. The minimum atomic E-state index is -4.62. The molecule has 4 aromatic rings. The number of aromatic amines is 1. The zero-order valence-electron chi connectivity index (χ0n) is 20.3. The Labute approximate surface area is 206 Å². The van der Waals surface area contributed by atoms with Gasteiger partial charge in [0.05, 0.1) is 18.7 Å². The van der Waals surface area contributed by atoms with Gasteiger partial charge in [0.25, 0.3) is 0 Å². The number of hydrogen-bond donors (Lipinski definition) is 1. The van der Waals surface area contributed by atoms with Crippen LogP contribution in [0.3, 0.4) is 0 Å². The summed E-state index contributed by atoms with van der Waals surface area (Å²) in [5, 5.41) is 8.17. The molecule has 190 valence electrons. The molecule has 1 aliphatic rings. The van der Waals surface area contributed by atoms with Crippen molar-refractivity contribution in [1.82, 2.24) is 29.6 Å². The first kappa shape index (κ1) is 24.3. The lowest BCUT2D eigenvalue weighted by molar-refractivity contribution is -0.137. The number of benzene rings is 2. The molecule has 0 atom stereocenters. The Balaban J connectivity index is 1.51. The second-order valence-electron chi connectivity index (χ2n) is 9.46. The second kappa shape index (κ2) is 9.21. The first-order chi connectivity index (χ1) is 17.2. The Morgan fingerprint density at radius 3 is 2.64 bits per heavy atom. The van der Waals surface area contributed by atoms with Crippen LogP contribution in [0, 0.1) is 0 Å². The van der Waals surface area contributed by atoms with Crippen LogP contribution in [0.15, 0.2) is 42.7 Å². The summed E-state index contributed by atoms with van der Waals surface area (Å²) in [6, 6.07) is 10.6. The molecular weight excluding hydrogens is 473 g/mol. The average Bonchev–Trinajstić information content (AvgIpc) is 3.41. The lowest BCUT2D eigenvalue weighted by Gasteiger charge is -2.41. The molecule has 0 amide bonds. The average molecular weight is 501 g/mol. The molecule has 1 N–H and O–H groups in total. The number of nitrogens with one attached hydrogen (secondary N) is 1. The highest BCUT2D eigenvalue weighted by Gasteiger charge is 2.42. The van der Waals surface area contributed by atoms with Crippen molar-refractivity contribution in [3.63, 3.8) is 0 Å². The van der Waals surface area contributed by atoms with E-state index in [1.165, 1.54) is 6.07 Å². The topological polar surface area (TPSA) is 81.1 Å². The van der Waals surface area contributed by atoms with Gasteiger partial charge in [-0.25, -0.2) is 4.98 Å². The molecule has 1 fully saturated rings. The summed E-state index contributed by atoms with van der Waals surface area (Å²) in [6.07, 6.45) is -2.33. The molecule has 0 saturated carbocycles. The maximum atomic E-state index is 14.1. The lowest BCUT2D eigenvalue weighted by atomic mass is 9.75. The molecule has 0 spiro atoms. The zero-order valence-corrected chi connectivity index (χ0v) is 20.3. The highest BCUT2D eigenvalue weighted by atomic mass is 19.4. The largest absolute Gasteiger partial charge is 0.492 e. The molecule has 1 saturated heterocycles. The van der Waals surface area contributed by atoms with Gasteiger partial charge in [0, 0.05) is 31.0 Å². The van der Waals surface area contributed by atoms with Gasteiger partial charge in [0.1, 0.15) is 41.4 Å². The summed E-state index contributed by atoms with van der Waals surface area (Å²) in [7, 11) is 5.56. The SMILES string of the molecule is CN(C)CCOc1ccc2[nH]c(-c3cccc(C4(Cc5nncn5C)COC4)c3)nc2c1C(F)(F)F. The van der Waals surface area contributed by atoms with E-state index in [1.54, 1.807) is 12.4 Å². The summed E-state index contributed by atoms with van der Waals surface area (Å²) in [4.78, 5) is 9.29. The van der Waals surface area contributed by atoms with Crippen LogP contribution >= 0.6 is 0 Å². The normalized spacial score (nSPS) is 15.4. The number of hydrogen-bond acceptors (Lipinski definition) is 6. The van der Waals surface area contributed by atoms with Crippen LogP contribution < -0.4 is 4.74 Å². The number of H-pyrrole nitrogens is 1. The quantitative estimate of drug-likeness (QED) is 0.396. The molecule has 0 aliphatic carbocycles. The molecule has 8 nitrogen and oxygen atoms in total. The fourth-order valence-electron chi connectivity index (χ4n) is 4.41. The van der Waals surface area contributed by atoms with E-state index in [0.717, 1.165) is 11.4 Å². The molecule has 36 heavy (non-hydrogen) atoms. The summed E-state index contributed by atoms with van der Waals surface area (Å²) >= 11 is 0. The van der Waals surface area contributed by atoms with E-state index in [-0.39, 0.29) is 23.3 Å². The number of ether oxygens (including phenoxy) is 2. The second-order valence-corrected chi connectivity index (χ2v) is 9.46. The summed E-state index contributed by atoms with van der Waals surface area (Å²) < 4.78 is 55.2. The molecular formula is C25H27F3N6O2. The van der Waals surface area contributed by atoms with Gasteiger partial charge in [-0.1, -0.05) is 18.2 Å². The number of fused-ring (bicyclic) bond motifs is 1. The lowest BCUT2D eigenvalue weighted by Crippen LogP contribution is -2.49. The van der Waals surface area contributed by atoms with Crippen molar-refractivity contribution in [3.05, 3.63) is 59.7 Å². The van der Waals surface area contributed by atoms with Crippen molar-refractivity contribution < 1.29 is 22.6 Å². The van der Waals surface area contributed by atoms with E-state index in [9.17, 15) is 13.2 Å². The number of halogens is 3. The van der Waals surface area contributed by atoms with E-state index in [0.29, 0.717) is 43.1 Å². The Kier molecular flexibility index (Phi) is 6.21. The van der Waals surface area contributed by atoms with Crippen molar-refractivity contribution >= 4 is 11.0 Å². The van der Waals surface area contributed by atoms with Gasteiger partial charge in [0.15, 0.2) is 0 Å². The van der Waals surface area contributed by atoms with Crippen molar-refractivity contribution in [3.8, 4) is 17.1 Å². The molecule has 2 aromatic carbocycles. The Morgan fingerprint density at radius 1 is 1.19 bits per heavy atom. The van der Waals surface area contributed by atoms with Crippen molar-refractivity contribution in [2.24, 2.45) is 7.05 Å². The van der Waals surface area contributed by atoms with Gasteiger partial charge in [-0.15, -0.1) is 10.2 Å². The maximum absolute atomic E-state index is 14.1. The third-order valence-corrected chi connectivity index (χ3v) is 6.50. The van der Waals surface area contributed by atoms with E-state index in [2.05, 4.69) is 20.2 Å². The molecule has 3 heterocycles. The Bertz CT molecular complexity index is 1370. The fraction of sp³-hybridized carbons (Fsp3) is 0.400. The van der Waals surface area contributed by atoms with Crippen LogP contribution in [-0.4, -0.2) is 70.1 Å². The number of imidazole rings is 1. The van der Waals surface area contributed by atoms with Crippen molar-refractivity contribution in [2.75, 3.05) is 40.5 Å². The van der Waals surface area contributed by atoms with Gasteiger partial charge < -0.3 is 23.9 Å². The number of aryl methyl sites for hydroxylation is 1. The minimum absolute atomic E-state index is 0.136. The maximum Gasteiger partial charge on any atom is 0.422 e. The van der Waals surface area contributed by atoms with Crippen LogP contribution in [0.4, 0.5) is 13.2 Å². The number of aromatic nitrogens is 5. The third kappa shape index (κ3) is 4.56. The number of likely N-dealkylation sites (N-methyl/N-ethyl adjacent to an activating group) is 1. The fourth-order valence-corrected chi connectivity index (χ4v) is 4.41. The smallest absolute Gasteiger partial charge is 0.422 e. The van der Waals surface area contributed by atoms with Crippen molar-refractivity contribution in [1.29, 1.82) is 0 Å². The number of rotatable bonds is 8. The highest BCUT2D eigenvalue weighted by Crippen LogP contribution is 2.42. The van der Waals surface area contributed by atoms with Crippen LogP contribution in [-0.2, 0) is 29.8 Å². The van der Waals surface area contributed by atoms with Gasteiger partial charge in [-0.3, -0.25) is 0 Å². The molecule has 0 unspecified atom stereocenters. The standard InChI is InChI=1S/C25H27F3N6O2/c1-33(2)9-10-36-19-8-7-18-22(21(19)25(26,27)28)31-23(30-18)16-5-4-6-17(11-16)24(13-35-14-24)12-20-32-29-15-34(20)3/h4-8,11,15H,9-10,12-14H2,1-3H3,(H,30,31). The van der Waals surface area contributed by atoms with E-state index in [4.69, 9.17) is 9.47 Å². The van der Waals surface area contributed by atoms with Gasteiger partial charge in [0.2, 0.25) is 0 Å². The van der Waals surface area contributed by atoms with Gasteiger partial charge in [-0.2, -0.15) is 13.2 Å². The predicted octanol–water partition coefficient (Wildman–Crippen LogP) is 3.83. The van der Waals surface area contributed by atoms with E-state index < -0.39 is 11.7 Å². The first-order valence-corrected chi connectivity index (χ1v) is 11.6. The Morgan fingerprint density at radius 2 is 2.00 bits per heavy atom. The summed E-state index contributed by atoms with van der Waals surface area (Å²) in [6.45, 7) is 1.68. The monoisotopic (exact) mass is 500 g/mol. The Hall–Kier alpha value is -3.44. The molecule has 2 aromatic heterocycles. The van der Waals surface area contributed by atoms with Crippen LogP contribution in [0.2, 0.25) is 0 Å². The van der Waals surface area contributed by atoms with Crippen LogP contribution in [0.5, 0.6) is 5.75 Å². The van der Waals surface area contributed by atoms with E-state index >= 15 is 0 Å². The molecule has 0 bridgehead atoms. The number of nitrogens with zero attached hydrogens (tertiary/aromatic N) is 5. The van der Waals surface area contributed by atoms with Gasteiger partial charge in [-0.05, 0) is 37.9 Å². The van der Waals surface area contributed by atoms with Crippen LogP contribution in [0.25, 0.3) is 22.4 Å². The molecule has 5 rings (SSSR count). The molecule has 11 heteroatoms. The van der Waals surface area contributed by atoms with Gasteiger partial charge >= 0.3 is 6.18 Å². The highest BCUT2D eigenvalue weighted by molar-refractivity contribution is 5.85. The predicted molar refractivity (Wildman–Crippen MR) is 128 cm³/mol. The third-order valence-electron chi connectivity index (χ3n) is 6.50. The molecule has 1 aliphatic heterocycles. The van der Waals surface area contributed by atoms with Crippen LogP contribution in [0.1, 0.15) is 17.0 Å². The summed E-state index contributed by atoms with van der Waals surface area (Å²) in [5.74, 6) is 0.971. The van der Waals surface area contributed by atoms with E-state index in [1.807, 2.05) is 54.9 Å². The van der Waals surface area contributed by atoms with Crippen molar-refractivity contribution in [2.45, 2.75) is 18.0 Å². The zero-order chi connectivity index (χ0) is 25.5. The molecule has 0 radical (unpaired) electrons. The minimum Gasteiger partial charge on any atom is -0.492 e. The summed E-state index contributed by atoms with van der Waals surface area (Å²) in [5.41, 5.74) is 0.681.